The Kier molecular flexibility index (Phi) is 5.81. The van der Waals surface area contributed by atoms with Gasteiger partial charge in [0.2, 0.25) is 0 Å². The van der Waals surface area contributed by atoms with Crippen molar-refractivity contribution in [3.05, 3.63) is 35.4 Å². The fraction of sp³-hybridized carbons (Fsp3) is 0.588. The van der Waals surface area contributed by atoms with Gasteiger partial charge in [-0.3, -0.25) is 9.69 Å². The van der Waals surface area contributed by atoms with Crippen LogP contribution < -0.4 is 0 Å². The predicted molar refractivity (Wildman–Crippen MR) is 92.2 cm³/mol. The van der Waals surface area contributed by atoms with Crippen molar-refractivity contribution in [3.8, 4) is 0 Å². The molecule has 0 atom stereocenters. The molecule has 1 aromatic carbocycles. The lowest BCUT2D eigenvalue weighted by Crippen LogP contribution is -2.49. The molecule has 0 radical (unpaired) electrons. The van der Waals surface area contributed by atoms with Gasteiger partial charge >= 0.3 is 0 Å². The number of carbonyl (C=O) groups excluding carboxylic acids is 1. The fourth-order valence-electron chi connectivity index (χ4n) is 2.88. The molecule has 23 heavy (non-hydrogen) atoms. The quantitative estimate of drug-likeness (QED) is 0.819. The third-order valence-corrected chi connectivity index (χ3v) is 4.77. The number of sulfone groups is 1. The van der Waals surface area contributed by atoms with E-state index in [-0.39, 0.29) is 11.7 Å². The number of hydrogen-bond acceptors (Lipinski definition) is 4. The molecule has 128 valence electrons. The molecule has 1 aliphatic heterocycles. The highest BCUT2D eigenvalue weighted by molar-refractivity contribution is 7.89. The number of carbonyl (C=O) groups is 1. The number of amides is 1. The zero-order valence-electron chi connectivity index (χ0n) is 14.2. The van der Waals surface area contributed by atoms with Crippen molar-refractivity contribution in [1.29, 1.82) is 0 Å². The van der Waals surface area contributed by atoms with Crippen molar-refractivity contribution in [2.75, 3.05) is 39.0 Å². The Morgan fingerprint density at radius 2 is 1.65 bits per heavy atom. The van der Waals surface area contributed by atoms with Crippen LogP contribution in [-0.4, -0.2) is 63.1 Å². The highest BCUT2D eigenvalue weighted by Gasteiger charge is 2.22. The van der Waals surface area contributed by atoms with E-state index in [1.807, 2.05) is 4.90 Å². The van der Waals surface area contributed by atoms with Crippen LogP contribution in [-0.2, 0) is 15.6 Å². The van der Waals surface area contributed by atoms with Gasteiger partial charge in [0.25, 0.3) is 5.91 Å². The summed E-state index contributed by atoms with van der Waals surface area (Å²) in [6.07, 6.45) is 1.21. The van der Waals surface area contributed by atoms with Crippen LogP contribution in [0.4, 0.5) is 0 Å². The molecule has 0 saturated carbocycles. The second kappa shape index (κ2) is 7.45. The summed E-state index contributed by atoms with van der Waals surface area (Å²) in [7, 11) is -3.05. The van der Waals surface area contributed by atoms with Gasteiger partial charge < -0.3 is 4.90 Å². The zero-order valence-corrected chi connectivity index (χ0v) is 15.0. The summed E-state index contributed by atoms with van der Waals surface area (Å²) in [4.78, 5) is 16.8. The molecule has 0 aliphatic carbocycles. The minimum absolute atomic E-state index is 0.00927. The van der Waals surface area contributed by atoms with E-state index in [0.29, 0.717) is 17.0 Å². The number of hydrogen-bond donors (Lipinski definition) is 0. The third kappa shape index (κ3) is 5.62. The van der Waals surface area contributed by atoms with Crippen LogP contribution in [0, 0.1) is 5.92 Å². The van der Waals surface area contributed by atoms with Crippen LogP contribution in [0.3, 0.4) is 0 Å². The molecule has 1 amide bonds. The normalized spacial score (nSPS) is 16.8. The topological polar surface area (TPSA) is 57.7 Å². The van der Waals surface area contributed by atoms with Crippen molar-refractivity contribution in [2.24, 2.45) is 5.92 Å². The molecular formula is C17H26N2O3S. The van der Waals surface area contributed by atoms with Gasteiger partial charge in [0.15, 0.2) is 9.84 Å². The van der Waals surface area contributed by atoms with Crippen molar-refractivity contribution in [1.82, 2.24) is 9.80 Å². The molecule has 0 N–H and O–H groups in total. The molecule has 0 spiro atoms. The maximum absolute atomic E-state index is 12.5. The zero-order chi connectivity index (χ0) is 17.0. The smallest absolute Gasteiger partial charge is 0.253 e. The lowest BCUT2D eigenvalue weighted by atomic mass is 10.1. The molecular weight excluding hydrogens is 312 g/mol. The van der Waals surface area contributed by atoms with Crippen LogP contribution in [0.15, 0.2) is 24.3 Å². The Balaban J connectivity index is 1.94. The van der Waals surface area contributed by atoms with E-state index in [0.717, 1.165) is 32.7 Å². The maximum atomic E-state index is 12.5. The van der Waals surface area contributed by atoms with Gasteiger partial charge in [-0.2, -0.15) is 0 Å². The summed E-state index contributed by atoms with van der Waals surface area (Å²) >= 11 is 0. The molecule has 1 aromatic rings. The van der Waals surface area contributed by atoms with Crippen LogP contribution in [0.25, 0.3) is 0 Å². The monoisotopic (exact) mass is 338 g/mol. The summed E-state index contributed by atoms with van der Waals surface area (Å²) in [6.45, 7) is 8.80. The lowest BCUT2D eigenvalue weighted by molar-refractivity contribution is 0.0624. The van der Waals surface area contributed by atoms with E-state index in [2.05, 4.69) is 18.7 Å². The molecule has 1 fully saturated rings. The molecule has 5 nitrogen and oxygen atoms in total. The minimum atomic E-state index is -3.05. The first-order valence-electron chi connectivity index (χ1n) is 8.03. The Morgan fingerprint density at radius 3 is 2.13 bits per heavy atom. The SMILES string of the molecule is CC(C)CN1CCN(C(=O)c2ccc(CS(C)(=O)=O)cc2)CC1. The number of rotatable bonds is 5. The van der Waals surface area contributed by atoms with Crippen LogP contribution in [0.1, 0.15) is 29.8 Å². The first-order valence-corrected chi connectivity index (χ1v) is 10.1. The Morgan fingerprint density at radius 1 is 1.09 bits per heavy atom. The number of piperazine rings is 1. The second-order valence-electron chi connectivity index (χ2n) is 6.75. The average Bonchev–Trinajstić information content (AvgIpc) is 2.46. The van der Waals surface area contributed by atoms with Gasteiger partial charge in [-0.25, -0.2) is 8.42 Å². The summed E-state index contributed by atoms with van der Waals surface area (Å²) < 4.78 is 22.6. The van der Waals surface area contributed by atoms with E-state index < -0.39 is 9.84 Å². The van der Waals surface area contributed by atoms with Crippen molar-refractivity contribution >= 4 is 15.7 Å². The third-order valence-electron chi connectivity index (χ3n) is 3.91. The lowest BCUT2D eigenvalue weighted by Gasteiger charge is -2.35. The molecule has 1 heterocycles. The Bertz CT molecular complexity index is 630. The summed E-state index contributed by atoms with van der Waals surface area (Å²) in [5, 5.41) is 0. The number of nitrogens with zero attached hydrogens (tertiary/aromatic N) is 2. The average molecular weight is 338 g/mol. The van der Waals surface area contributed by atoms with E-state index in [1.54, 1.807) is 24.3 Å². The second-order valence-corrected chi connectivity index (χ2v) is 8.89. The van der Waals surface area contributed by atoms with E-state index in [9.17, 15) is 13.2 Å². The van der Waals surface area contributed by atoms with E-state index in [1.165, 1.54) is 6.26 Å². The Hall–Kier alpha value is -1.40. The van der Waals surface area contributed by atoms with Gasteiger partial charge in [0.1, 0.15) is 0 Å². The molecule has 6 heteroatoms. The molecule has 2 rings (SSSR count). The van der Waals surface area contributed by atoms with E-state index >= 15 is 0 Å². The molecule has 1 aliphatic rings. The van der Waals surface area contributed by atoms with Gasteiger partial charge in [-0.05, 0) is 23.6 Å². The van der Waals surface area contributed by atoms with Gasteiger partial charge in [0, 0.05) is 44.5 Å². The molecule has 0 aromatic heterocycles. The highest BCUT2D eigenvalue weighted by atomic mass is 32.2. The van der Waals surface area contributed by atoms with Crippen LogP contribution >= 0.6 is 0 Å². The van der Waals surface area contributed by atoms with Gasteiger partial charge in [-0.1, -0.05) is 26.0 Å². The number of benzene rings is 1. The van der Waals surface area contributed by atoms with Crippen molar-refractivity contribution in [2.45, 2.75) is 19.6 Å². The predicted octanol–water partition coefficient (Wildman–Crippen LogP) is 1.65. The molecule has 1 saturated heterocycles. The minimum Gasteiger partial charge on any atom is -0.336 e. The van der Waals surface area contributed by atoms with E-state index in [4.69, 9.17) is 0 Å². The maximum Gasteiger partial charge on any atom is 0.253 e. The molecule has 0 bridgehead atoms. The van der Waals surface area contributed by atoms with Crippen molar-refractivity contribution in [3.63, 3.8) is 0 Å². The highest BCUT2D eigenvalue weighted by Crippen LogP contribution is 2.12. The summed E-state index contributed by atoms with van der Waals surface area (Å²) in [5.74, 6) is 0.676. The molecule has 0 unspecified atom stereocenters. The first kappa shape index (κ1) is 17.9. The largest absolute Gasteiger partial charge is 0.336 e. The summed E-state index contributed by atoms with van der Waals surface area (Å²) in [5.41, 5.74) is 1.34. The van der Waals surface area contributed by atoms with Crippen molar-refractivity contribution < 1.29 is 13.2 Å². The summed E-state index contributed by atoms with van der Waals surface area (Å²) in [6, 6.07) is 6.90. The van der Waals surface area contributed by atoms with Crippen LogP contribution in [0.2, 0.25) is 0 Å². The van der Waals surface area contributed by atoms with Gasteiger partial charge in [0.05, 0.1) is 5.75 Å². The standard InChI is InChI=1S/C17H26N2O3S/c1-14(2)12-18-8-10-19(11-9-18)17(20)16-6-4-15(5-7-16)13-23(3,21)22/h4-7,14H,8-13H2,1-3H3. The fourth-order valence-corrected chi connectivity index (χ4v) is 3.68. The first-order chi connectivity index (χ1) is 10.7. The Labute approximate surface area is 139 Å². The van der Waals surface area contributed by atoms with Gasteiger partial charge in [-0.15, -0.1) is 0 Å². The van der Waals surface area contributed by atoms with Crippen LogP contribution in [0.5, 0.6) is 0 Å².